The Morgan fingerprint density at radius 2 is 0.839 bits per heavy atom. The molecule has 0 aliphatic carbocycles. The van der Waals surface area contributed by atoms with E-state index >= 15 is 0 Å². The van der Waals surface area contributed by atoms with Gasteiger partial charge < -0.3 is 0 Å². The molecule has 0 aliphatic heterocycles. The van der Waals surface area contributed by atoms with Crippen LogP contribution in [0.15, 0.2) is 200 Å². The predicted octanol–water partition coefficient (Wildman–Crippen LogP) is 14.0. The maximum atomic E-state index is 5.27. The molecule has 0 aliphatic rings. The van der Waals surface area contributed by atoms with Gasteiger partial charge in [-0.15, -0.1) is 0 Å². The predicted molar refractivity (Wildman–Crippen MR) is 235 cm³/mol. The van der Waals surface area contributed by atoms with Crippen molar-refractivity contribution >= 4 is 54.0 Å². The Bertz CT molecular complexity index is 3190. The van der Waals surface area contributed by atoms with E-state index in [1.165, 1.54) is 32.3 Å². The molecule has 3 nitrogen and oxygen atoms in total. The summed E-state index contributed by atoms with van der Waals surface area (Å²) in [7, 11) is 0. The number of benzene rings is 9. The first kappa shape index (κ1) is 32.0. The Kier molecular flexibility index (Phi) is 7.49. The van der Waals surface area contributed by atoms with Crippen LogP contribution in [-0.4, -0.2) is 15.0 Å². The number of nitrogens with zero attached hydrogens (tertiary/aromatic N) is 3. The van der Waals surface area contributed by atoms with Gasteiger partial charge in [0.05, 0.1) is 22.6 Å². The monoisotopic (exact) mass is 711 g/mol. The molecule has 11 aromatic rings. The molecule has 0 unspecified atom stereocenters. The zero-order valence-corrected chi connectivity index (χ0v) is 30.4. The summed E-state index contributed by atoms with van der Waals surface area (Å²) >= 11 is 0. The van der Waals surface area contributed by atoms with E-state index in [0.29, 0.717) is 5.82 Å². The molecule has 56 heavy (non-hydrogen) atoms. The first-order valence-electron chi connectivity index (χ1n) is 19.0. The van der Waals surface area contributed by atoms with E-state index in [1.807, 2.05) is 0 Å². The van der Waals surface area contributed by atoms with Crippen LogP contribution in [0.2, 0.25) is 0 Å². The van der Waals surface area contributed by atoms with Crippen LogP contribution < -0.4 is 0 Å². The Morgan fingerprint density at radius 3 is 1.61 bits per heavy atom. The van der Waals surface area contributed by atoms with Gasteiger partial charge in [-0.1, -0.05) is 182 Å². The summed E-state index contributed by atoms with van der Waals surface area (Å²) in [5.74, 6) is 0.708. The first-order chi connectivity index (χ1) is 27.7. The Labute approximate surface area is 324 Å². The quantitative estimate of drug-likeness (QED) is 0.167. The highest BCUT2D eigenvalue weighted by Crippen LogP contribution is 2.39. The zero-order valence-electron chi connectivity index (χ0n) is 30.4. The average Bonchev–Trinajstić information content (AvgIpc) is 3.28. The fourth-order valence-electron chi connectivity index (χ4n) is 8.34. The van der Waals surface area contributed by atoms with Crippen LogP contribution in [0.3, 0.4) is 0 Å². The maximum Gasteiger partial charge on any atom is 0.161 e. The highest BCUT2D eigenvalue weighted by molar-refractivity contribution is 6.22. The summed E-state index contributed by atoms with van der Waals surface area (Å²) in [5.41, 5.74) is 10.2. The maximum absolute atomic E-state index is 5.27. The van der Waals surface area contributed by atoms with Gasteiger partial charge in [-0.2, -0.15) is 0 Å². The molecule has 9 aromatic carbocycles. The summed E-state index contributed by atoms with van der Waals surface area (Å²) in [4.78, 5) is 15.8. The molecule has 0 fully saturated rings. The van der Waals surface area contributed by atoms with Gasteiger partial charge >= 0.3 is 0 Å². The van der Waals surface area contributed by atoms with Gasteiger partial charge in [0.15, 0.2) is 5.82 Å². The summed E-state index contributed by atoms with van der Waals surface area (Å²) in [6.07, 6.45) is 0. The van der Waals surface area contributed by atoms with Crippen molar-refractivity contribution < 1.29 is 0 Å². The van der Waals surface area contributed by atoms with Gasteiger partial charge in [0.1, 0.15) is 0 Å². The molecular weight excluding hydrogens is 679 g/mol. The van der Waals surface area contributed by atoms with Crippen molar-refractivity contribution in [2.24, 2.45) is 0 Å². The molecule has 0 amide bonds. The van der Waals surface area contributed by atoms with Crippen LogP contribution in [-0.2, 0) is 0 Å². The van der Waals surface area contributed by atoms with Crippen molar-refractivity contribution in [1.29, 1.82) is 0 Å². The van der Waals surface area contributed by atoms with Gasteiger partial charge in [-0.3, -0.25) is 0 Å². The normalized spacial score (nSPS) is 11.6. The Balaban J connectivity index is 1.03. The topological polar surface area (TPSA) is 38.7 Å². The van der Waals surface area contributed by atoms with Crippen LogP contribution in [0, 0.1) is 0 Å². The van der Waals surface area contributed by atoms with Gasteiger partial charge in [-0.25, -0.2) is 15.0 Å². The van der Waals surface area contributed by atoms with E-state index in [0.717, 1.165) is 72.1 Å². The van der Waals surface area contributed by atoms with Gasteiger partial charge in [-0.05, 0) is 61.6 Å². The van der Waals surface area contributed by atoms with Crippen molar-refractivity contribution in [2.75, 3.05) is 0 Å². The lowest BCUT2D eigenvalue weighted by Crippen LogP contribution is -1.97. The second-order valence-electron chi connectivity index (χ2n) is 14.4. The fourth-order valence-corrected chi connectivity index (χ4v) is 8.34. The van der Waals surface area contributed by atoms with Gasteiger partial charge in [0.2, 0.25) is 0 Å². The minimum absolute atomic E-state index is 0.708. The lowest BCUT2D eigenvalue weighted by atomic mass is 9.94. The highest BCUT2D eigenvalue weighted by atomic mass is 14.9. The van der Waals surface area contributed by atoms with E-state index in [9.17, 15) is 0 Å². The fraction of sp³-hybridized carbons (Fsp3) is 0. The van der Waals surface area contributed by atoms with E-state index in [4.69, 9.17) is 15.0 Å². The number of rotatable bonds is 5. The lowest BCUT2D eigenvalue weighted by molar-refractivity contribution is 1.19. The number of para-hydroxylation sites is 1. The van der Waals surface area contributed by atoms with Crippen LogP contribution in [0.1, 0.15) is 0 Å². The minimum Gasteiger partial charge on any atom is -0.247 e. The molecule has 0 atom stereocenters. The Morgan fingerprint density at radius 1 is 0.286 bits per heavy atom. The molecule has 2 aromatic heterocycles. The van der Waals surface area contributed by atoms with Crippen LogP contribution in [0.5, 0.6) is 0 Å². The molecule has 0 N–H and O–H groups in total. The second kappa shape index (κ2) is 13.1. The number of aromatic nitrogens is 3. The zero-order chi connectivity index (χ0) is 37.0. The molecule has 260 valence electrons. The van der Waals surface area contributed by atoms with Crippen LogP contribution in [0.25, 0.3) is 110 Å². The summed E-state index contributed by atoms with van der Waals surface area (Å²) in [6, 6.07) is 70.9. The van der Waals surface area contributed by atoms with Crippen molar-refractivity contribution in [3.8, 4) is 56.3 Å². The van der Waals surface area contributed by atoms with Gasteiger partial charge in [0, 0.05) is 38.4 Å². The van der Waals surface area contributed by atoms with E-state index in [2.05, 4.69) is 200 Å². The molecule has 11 rings (SSSR count). The summed E-state index contributed by atoms with van der Waals surface area (Å²) < 4.78 is 0. The SMILES string of the molecule is c1cc(-c2ccc(-c3nc4ccccc4c4c3ccc3ccccc34)cc2)cc(-c2cc(-c3cccc4ccccc34)nc(-c3cccc4ccccc34)n2)c1. The third-order valence-electron chi connectivity index (χ3n) is 11.1. The molecule has 3 heteroatoms. The first-order valence-corrected chi connectivity index (χ1v) is 19.0. The van der Waals surface area contributed by atoms with Crippen molar-refractivity contribution in [3.63, 3.8) is 0 Å². The third kappa shape index (κ3) is 5.40. The number of pyridine rings is 1. The lowest BCUT2D eigenvalue weighted by Gasteiger charge is -2.14. The Hall–Kier alpha value is -7.49. The van der Waals surface area contributed by atoms with Crippen molar-refractivity contribution in [3.05, 3.63) is 200 Å². The van der Waals surface area contributed by atoms with E-state index < -0.39 is 0 Å². The molecule has 0 saturated carbocycles. The highest BCUT2D eigenvalue weighted by Gasteiger charge is 2.16. The van der Waals surface area contributed by atoms with E-state index in [-0.39, 0.29) is 0 Å². The third-order valence-corrected chi connectivity index (χ3v) is 11.1. The summed E-state index contributed by atoms with van der Waals surface area (Å²) in [6.45, 7) is 0. The molecule has 0 radical (unpaired) electrons. The molecule has 0 spiro atoms. The summed E-state index contributed by atoms with van der Waals surface area (Å²) in [5, 5.41) is 10.7. The van der Waals surface area contributed by atoms with Crippen molar-refractivity contribution in [2.45, 2.75) is 0 Å². The van der Waals surface area contributed by atoms with E-state index in [1.54, 1.807) is 0 Å². The molecule has 0 bridgehead atoms. The minimum atomic E-state index is 0.708. The smallest absolute Gasteiger partial charge is 0.161 e. The van der Waals surface area contributed by atoms with Crippen molar-refractivity contribution in [1.82, 2.24) is 15.0 Å². The molecule has 0 saturated heterocycles. The second-order valence-corrected chi connectivity index (χ2v) is 14.4. The van der Waals surface area contributed by atoms with Crippen LogP contribution in [0.4, 0.5) is 0 Å². The number of hydrogen-bond acceptors (Lipinski definition) is 3. The number of hydrogen-bond donors (Lipinski definition) is 0. The van der Waals surface area contributed by atoms with Crippen LogP contribution >= 0.6 is 0 Å². The number of fused-ring (bicyclic) bond motifs is 7. The average molecular weight is 712 g/mol. The van der Waals surface area contributed by atoms with Gasteiger partial charge in [0.25, 0.3) is 0 Å². The molecular formula is C53H33N3. The molecule has 2 heterocycles. The largest absolute Gasteiger partial charge is 0.247 e. The standard InChI is InChI=1S/C53H33N3/c1-4-19-41-35(12-1)15-10-23-44(41)50-33-49(55-53(56-50)45-24-11-16-36-13-2-5-20-42(36)45)40-18-9-17-39(32-40)34-26-28-38(29-27-34)52-47-31-30-37-14-3-6-21-43(37)51(47)46-22-7-8-25-48(46)54-52/h1-33H.